The van der Waals surface area contributed by atoms with Crippen molar-refractivity contribution in [1.82, 2.24) is 9.80 Å². The van der Waals surface area contributed by atoms with Gasteiger partial charge in [0, 0.05) is 19.6 Å². The van der Waals surface area contributed by atoms with E-state index in [0.717, 1.165) is 32.8 Å². The van der Waals surface area contributed by atoms with E-state index in [2.05, 4.69) is 4.90 Å². The van der Waals surface area contributed by atoms with Crippen LogP contribution in [0.1, 0.15) is 6.92 Å². The average molecular weight is 188 g/mol. The lowest BCUT2D eigenvalue weighted by Crippen LogP contribution is -2.59. The first-order chi connectivity index (χ1) is 6.31. The average Bonchev–Trinajstić information content (AvgIpc) is 2.01. The van der Waals surface area contributed by atoms with E-state index in [1.165, 1.54) is 0 Å². The fourth-order valence-electron chi connectivity index (χ4n) is 1.92. The molecule has 0 aromatic heterocycles. The Hall–Kier alpha value is -0.190. The van der Waals surface area contributed by atoms with Crippen LogP contribution in [-0.2, 0) is 4.74 Å². The molecule has 2 aliphatic rings. The highest BCUT2D eigenvalue weighted by Gasteiger charge is 2.32. The lowest BCUT2D eigenvalue weighted by molar-refractivity contribution is -0.101. The number of nitrogens with zero attached hydrogens (tertiary/aromatic N) is 2. The van der Waals surface area contributed by atoms with Gasteiger partial charge in [-0.2, -0.15) is 0 Å². The zero-order chi connectivity index (χ0) is 9.26. The molecule has 0 saturated carbocycles. The van der Waals surface area contributed by atoms with Gasteiger partial charge in [0.05, 0.1) is 19.3 Å². The van der Waals surface area contributed by atoms with E-state index >= 15 is 0 Å². The molecular weight excluding hydrogens is 171 g/mol. The molecule has 2 aliphatic heterocycles. The molecule has 13 heavy (non-hydrogen) atoms. The van der Waals surface area contributed by atoms with Crippen LogP contribution in [0.15, 0.2) is 0 Å². The second kappa shape index (κ2) is 3.90. The van der Waals surface area contributed by atoms with Gasteiger partial charge in [-0.05, 0) is 6.54 Å². The van der Waals surface area contributed by atoms with Crippen molar-refractivity contribution in [2.24, 2.45) is 0 Å². The predicted molar refractivity (Wildman–Crippen MR) is 48.3 cm³/mol. The number of hydrogen-bond acceptors (Lipinski definition) is 3. The summed E-state index contributed by atoms with van der Waals surface area (Å²) in [4.78, 5) is 4.09. The Morgan fingerprint density at radius 1 is 1.38 bits per heavy atom. The third-order valence-electron chi connectivity index (χ3n) is 3.00. The number of halogens is 1. The molecule has 2 fully saturated rings. The van der Waals surface area contributed by atoms with E-state index in [1.807, 2.05) is 11.8 Å². The third kappa shape index (κ3) is 1.85. The van der Waals surface area contributed by atoms with E-state index in [-0.39, 0.29) is 0 Å². The minimum atomic E-state index is -0.778. The van der Waals surface area contributed by atoms with Crippen LogP contribution in [0.5, 0.6) is 0 Å². The molecule has 4 heteroatoms. The summed E-state index contributed by atoms with van der Waals surface area (Å²) in [6.45, 7) is 6.81. The van der Waals surface area contributed by atoms with Crippen LogP contribution in [-0.4, -0.2) is 61.5 Å². The fraction of sp³-hybridized carbons (Fsp3) is 1.00. The zero-order valence-electron chi connectivity index (χ0n) is 8.08. The summed E-state index contributed by atoms with van der Waals surface area (Å²) in [6.07, 6.45) is -0.778. The van der Waals surface area contributed by atoms with Crippen LogP contribution in [0.25, 0.3) is 0 Å². The van der Waals surface area contributed by atoms with Crippen molar-refractivity contribution < 1.29 is 9.13 Å². The maximum atomic E-state index is 13.5. The predicted octanol–water partition coefficient (Wildman–Crippen LogP) is 0.318. The van der Waals surface area contributed by atoms with Crippen LogP contribution >= 0.6 is 0 Å². The largest absolute Gasteiger partial charge is 0.378 e. The second-order valence-electron chi connectivity index (χ2n) is 3.75. The minimum absolute atomic E-state index is 0.484. The molecule has 0 aromatic carbocycles. The summed E-state index contributed by atoms with van der Waals surface area (Å²) in [5, 5.41) is 0. The topological polar surface area (TPSA) is 15.7 Å². The first-order valence-corrected chi connectivity index (χ1v) is 5.01. The normalized spacial score (nSPS) is 33.2. The van der Waals surface area contributed by atoms with Gasteiger partial charge in [-0.25, -0.2) is 4.39 Å². The highest BCUT2D eigenvalue weighted by molar-refractivity contribution is 4.83. The Bertz CT molecular complexity index is 175. The Balaban J connectivity index is 1.83. The molecule has 0 N–H and O–H groups in total. The summed E-state index contributed by atoms with van der Waals surface area (Å²) in [7, 11) is 0. The molecule has 2 rings (SSSR count). The van der Waals surface area contributed by atoms with Crippen molar-refractivity contribution in [3.8, 4) is 0 Å². The molecular formula is C9H17FN2O. The molecule has 3 nitrogen and oxygen atoms in total. The maximum Gasteiger partial charge on any atom is 0.166 e. The van der Waals surface area contributed by atoms with Gasteiger partial charge in [0.25, 0.3) is 0 Å². The molecule has 1 unspecified atom stereocenters. The monoisotopic (exact) mass is 188 g/mol. The van der Waals surface area contributed by atoms with Crippen LogP contribution in [0.2, 0.25) is 0 Å². The van der Waals surface area contributed by atoms with Gasteiger partial charge in [0.2, 0.25) is 0 Å². The Morgan fingerprint density at radius 2 is 2.15 bits per heavy atom. The van der Waals surface area contributed by atoms with Crippen LogP contribution in [0.3, 0.4) is 0 Å². The van der Waals surface area contributed by atoms with Gasteiger partial charge in [0.15, 0.2) is 6.30 Å². The van der Waals surface area contributed by atoms with Crippen molar-refractivity contribution in [2.75, 3.05) is 39.4 Å². The van der Waals surface area contributed by atoms with Gasteiger partial charge in [-0.1, -0.05) is 6.92 Å². The van der Waals surface area contributed by atoms with Crippen molar-refractivity contribution in [3.63, 3.8) is 0 Å². The summed E-state index contributed by atoms with van der Waals surface area (Å²) >= 11 is 0. The van der Waals surface area contributed by atoms with Crippen LogP contribution < -0.4 is 0 Å². The van der Waals surface area contributed by atoms with Gasteiger partial charge in [0.1, 0.15) is 0 Å². The molecule has 2 heterocycles. The summed E-state index contributed by atoms with van der Waals surface area (Å²) in [6, 6.07) is 0.484. The molecule has 0 amide bonds. The summed E-state index contributed by atoms with van der Waals surface area (Å²) in [5.74, 6) is 0. The number of rotatable bonds is 2. The lowest BCUT2D eigenvalue weighted by Gasteiger charge is -2.43. The molecule has 0 aliphatic carbocycles. The summed E-state index contributed by atoms with van der Waals surface area (Å²) in [5.41, 5.74) is 0. The van der Waals surface area contributed by atoms with Gasteiger partial charge in [-0.15, -0.1) is 0 Å². The standard InChI is InChI=1S/C9H17FN2O/c1-2-11-3-4-12(5-9(11)10)8-6-13-7-8/h8-9H,2-7H2,1H3. The molecule has 0 bridgehead atoms. The number of alkyl halides is 1. The van der Waals surface area contributed by atoms with Gasteiger partial charge in [-0.3, -0.25) is 9.80 Å². The van der Waals surface area contributed by atoms with E-state index in [4.69, 9.17) is 4.74 Å². The van der Waals surface area contributed by atoms with E-state index in [1.54, 1.807) is 0 Å². The third-order valence-corrected chi connectivity index (χ3v) is 3.00. The van der Waals surface area contributed by atoms with E-state index in [9.17, 15) is 4.39 Å². The van der Waals surface area contributed by atoms with Crippen LogP contribution in [0, 0.1) is 0 Å². The van der Waals surface area contributed by atoms with Gasteiger partial charge >= 0.3 is 0 Å². The van der Waals surface area contributed by atoms with E-state index < -0.39 is 6.30 Å². The molecule has 0 radical (unpaired) electrons. The van der Waals surface area contributed by atoms with Crippen molar-refractivity contribution >= 4 is 0 Å². The number of piperazine rings is 1. The van der Waals surface area contributed by atoms with Crippen LogP contribution in [0.4, 0.5) is 4.39 Å². The minimum Gasteiger partial charge on any atom is -0.378 e. The number of likely N-dealkylation sites (N-methyl/N-ethyl adjacent to an activating group) is 1. The quantitative estimate of drug-likeness (QED) is 0.580. The SMILES string of the molecule is CCN1CCN(C2COC2)CC1F. The smallest absolute Gasteiger partial charge is 0.166 e. The number of ether oxygens (including phenoxy) is 1. The highest BCUT2D eigenvalue weighted by atomic mass is 19.1. The zero-order valence-corrected chi connectivity index (χ0v) is 8.08. The molecule has 1 atom stereocenters. The first-order valence-electron chi connectivity index (χ1n) is 5.01. The number of hydrogen-bond donors (Lipinski definition) is 0. The Labute approximate surface area is 78.4 Å². The molecule has 76 valence electrons. The van der Waals surface area contributed by atoms with Gasteiger partial charge < -0.3 is 4.74 Å². The van der Waals surface area contributed by atoms with Crippen molar-refractivity contribution in [1.29, 1.82) is 0 Å². The second-order valence-corrected chi connectivity index (χ2v) is 3.75. The molecule has 0 spiro atoms. The Morgan fingerprint density at radius 3 is 2.62 bits per heavy atom. The first kappa shape index (κ1) is 9.37. The fourth-order valence-corrected chi connectivity index (χ4v) is 1.92. The lowest BCUT2D eigenvalue weighted by atomic mass is 10.2. The van der Waals surface area contributed by atoms with Crippen molar-refractivity contribution in [2.45, 2.75) is 19.3 Å². The summed E-state index contributed by atoms with van der Waals surface area (Å²) < 4.78 is 18.6. The highest BCUT2D eigenvalue weighted by Crippen LogP contribution is 2.17. The van der Waals surface area contributed by atoms with E-state index in [0.29, 0.717) is 12.6 Å². The Kier molecular flexibility index (Phi) is 2.81. The molecule has 0 aromatic rings. The molecule has 2 saturated heterocycles. The maximum absolute atomic E-state index is 13.5. The van der Waals surface area contributed by atoms with Crippen molar-refractivity contribution in [3.05, 3.63) is 0 Å².